The van der Waals surface area contributed by atoms with Crippen molar-refractivity contribution in [2.45, 2.75) is 19.8 Å². The van der Waals surface area contributed by atoms with Crippen molar-refractivity contribution in [3.63, 3.8) is 0 Å². The molecule has 0 aromatic carbocycles. The third-order valence-electron chi connectivity index (χ3n) is 1.19. The number of esters is 1. The van der Waals surface area contributed by atoms with Gasteiger partial charge in [-0.25, -0.2) is 0 Å². The van der Waals surface area contributed by atoms with Crippen LogP contribution in [0, 0.1) is 0 Å². The van der Waals surface area contributed by atoms with Gasteiger partial charge in [0.25, 0.3) is 7.41 Å². The summed E-state index contributed by atoms with van der Waals surface area (Å²) in [6.07, 6.45) is 1.75. The molecule has 1 radical (unpaired) electrons. The number of carbonyl (C=O) groups excluding carboxylic acids is 2. The summed E-state index contributed by atoms with van der Waals surface area (Å²) < 4.78 is 4.70. The van der Waals surface area contributed by atoms with Gasteiger partial charge in [-0.2, -0.15) is 0 Å². The molecule has 12 heavy (non-hydrogen) atoms. The highest BCUT2D eigenvalue weighted by molar-refractivity contribution is 6.64. The van der Waals surface area contributed by atoms with E-state index in [-0.39, 0.29) is 5.97 Å². The third-order valence-corrected chi connectivity index (χ3v) is 1.19. The van der Waals surface area contributed by atoms with Crippen LogP contribution < -0.4 is 5.23 Å². The minimum absolute atomic E-state index is 0.189. The van der Waals surface area contributed by atoms with Crippen LogP contribution in [0.25, 0.3) is 0 Å². The van der Waals surface area contributed by atoms with Crippen molar-refractivity contribution in [2.24, 2.45) is 0 Å². The van der Waals surface area contributed by atoms with Crippen molar-refractivity contribution >= 4 is 19.6 Å². The van der Waals surface area contributed by atoms with Crippen LogP contribution in [0.15, 0.2) is 0 Å². The van der Waals surface area contributed by atoms with Crippen LogP contribution in [-0.4, -0.2) is 32.7 Å². The van der Waals surface area contributed by atoms with Gasteiger partial charge in [-0.1, -0.05) is 0 Å². The molecule has 0 aromatic heterocycles. The zero-order valence-electron chi connectivity index (χ0n) is 7.21. The Hall–Kier alpha value is -0.835. The summed E-state index contributed by atoms with van der Waals surface area (Å²) in [7, 11) is 1.31. The van der Waals surface area contributed by atoms with Gasteiger partial charge in [-0.15, -0.1) is 0 Å². The lowest BCUT2D eigenvalue weighted by molar-refractivity contribution is -0.143. The minimum Gasteiger partial charge on any atom is -0.466 e. The van der Waals surface area contributed by atoms with E-state index in [0.29, 0.717) is 32.2 Å². The maximum atomic E-state index is 10.7. The van der Waals surface area contributed by atoms with Gasteiger partial charge in [0.15, 0.2) is 0 Å². The van der Waals surface area contributed by atoms with Crippen LogP contribution in [-0.2, 0) is 14.3 Å². The smallest absolute Gasteiger partial charge is 0.305 e. The average molecular weight is 170 g/mol. The SMILES string of the molecule is CCOC(=O)CCCN[B]C=O. The van der Waals surface area contributed by atoms with Gasteiger partial charge in [0.2, 0.25) is 0 Å². The normalized spacial score (nSPS) is 9.08. The van der Waals surface area contributed by atoms with Crippen LogP contribution in [0.4, 0.5) is 0 Å². The molecule has 0 aliphatic rings. The fourth-order valence-electron chi connectivity index (χ4n) is 0.699. The first-order chi connectivity index (χ1) is 5.81. The molecule has 0 amide bonds. The molecule has 0 aromatic rings. The Balaban J connectivity index is 3.08. The summed E-state index contributed by atoms with van der Waals surface area (Å²) in [5.41, 5.74) is 0. The van der Waals surface area contributed by atoms with E-state index in [1.165, 1.54) is 7.41 Å². The molecule has 0 rings (SSSR count). The molecule has 0 fully saturated rings. The standard InChI is InChI=1S/C7H13BNO3/c1-2-12-7(11)4-3-5-9-8-6-10/h6,9H,2-5H2,1H3. The van der Waals surface area contributed by atoms with E-state index >= 15 is 0 Å². The van der Waals surface area contributed by atoms with Crippen molar-refractivity contribution in [2.75, 3.05) is 13.2 Å². The molecule has 0 saturated heterocycles. The Morgan fingerprint density at radius 1 is 1.67 bits per heavy atom. The van der Waals surface area contributed by atoms with Crippen molar-refractivity contribution in [1.82, 2.24) is 5.23 Å². The quantitative estimate of drug-likeness (QED) is 0.247. The highest BCUT2D eigenvalue weighted by Crippen LogP contribution is 1.90. The average Bonchev–Trinajstić information content (AvgIpc) is 2.05. The number of nitrogens with one attached hydrogen (secondary N) is 1. The van der Waals surface area contributed by atoms with E-state index in [1.807, 2.05) is 0 Å². The fraction of sp³-hybridized carbons (Fsp3) is 0.714. The molecule has 5 heteroatoms. The highest BCUT2D eigenvalue weighted by Gasteiger charge is 1.99. The second kappa shape index (κ2) is 8.26. The van der Waals surface area contributed by atoms with Crippen LogP contribution in [0.2, 0.25) is 0 Å². The van der Waals surface area contributed by atoms with E-state index in [1.54, 1.807) is 6.92 Å². The van der Waals surface area contributed by atoms with E-state index in [2.05, 4.69) is 5.23 Å². The zero-order valence-corrected chi connectivity index (χ0v) is 7.21. The van der Waals surface area contributed by atoms with Gasteiger partial charge in [-0.3, -0.25) is 4.79 Å². The first-order valence-electron chi connectivity index (χ1n) is 3.97. The summed E-state index contributed by atoms with van der Waals surface area (Å²) in [5, 5.41) is 2.73. The van der Waals surface area contributed by atoms with Crippen molar-refractivity contribution in [1.29, 1.82) is 0 Å². The predicted octanol–water partition coefficient (Wildman–Crippen LogP) is -0.271. The molecular weight excluding hydrogens is 157 g/mol. The first kappa shape index (κ1) is 11.2. The van der Waals surface area contributed by atoms with Crippen LogP contribution in [0.3, 0.4) is 0 Å². The lowest BCUT2D eigenvalue weighted by atomic mass is 9.99. The van der Waals surface area contributed by atoms with Crippen molar-refractivity contribution < 1.29 is 14.3 Å². The summed E-state index contributed by atoms with van der Waals surface area (Å²) in [6.45, 7) is 2.82. The summed E-state index contributed by atoms with van der Waals surface area (Å²) in [6, 6.07) is 0. The van der Waals surface area contributed by atoms with Crippen LogP contribution in [0.5, 0.6) is 0 Å². The summed E-state index contributed by atoms with van der Waals surface area (Å²) >= 11 is 0. The maximum absolute atomic E-state index is 10.7. The molecule has 0 aliphatic heterocycles. The lowest BCUT2D eigenvalue weighted by Gasteiger charge is -2.00. The van der Waals surface area contributed by atoms with Gasteiger partial charge in [0, 0.05) is 6.42 Å². The number of rotatable bonds is 7. The Morgan fingerprint density at radius 3 is 3.00 bits per heavy atom. The van der Waals surface area contributed by atoms with E-state index in [4.69, 9.17) is 4.74 Å². The maximum Gasteiger partial charge on any atom is 0.305 e. The van der Waals surface area contributed by atoms with Crippen molar-refractivity contribution in [3.8, 4) is 0 Å². The summed E-state index contributed by atoms with van der Waals surface area (Å²) in [5.74, 6) is -0.189. The topological polar surface area (TPSA) is 55.4 Å². The summed E-state index contributed by atoms with van der Waals surface area (Å²) in [4.78, 5) is 20.5. The number of ether oxygens (including phenoxy) is 1. The largest absolute Gasteiger partial charge is 0.466 e. The van der Waals surface area contributed by atoms with E-state index in [9.17, 15) is 9.59 Å². The van der Waals surface area contributed by atoms with Crippen LogP contribution >= 0.6 is 0 Å². The lowest BCUT2D eigenvalue weighted by Crippen LogP contribution is -2.22. The molecule has 0 atom stereocenters. The van der Waals surface area contributed by atoms with E-state index in [0.717, 1.165) is 0 Å². The third kappa shape index (κ3) is 7.27. The molecule has 0 spiro atoms. The van der Waals surface area contributed by atoms with Gasteiger partial charge in [0.05, 0.1) is 12.8 Å². The molecular formula is C7H13BNO3. The van der Waals surface area contributed by atoms with Crippen LogP contribution in [0.1, 0.15) is 19.8 Å². The molecule has 4 nitrogen and oxygen atoms in total. The number of carbonyl (C=O) groups is 2. The molecule has 67 valence electrons. The zero-order chi connectivity index (χ0) is 9.23. The second-order valence-corrected chi connectivity index (χ2v) is 2.17. The first-order valence-corrected chi connectivity index (χ1v) is 3.97. The Bertz CT molecular complexity index is 141. The molecule has 1 N–H and O–H groups in total. The van der Waals surface area contributed by atoms with Gasteiger partial charge in [0.1, 0.15) is 0 Å². The highest BCUT2D eigenvalue weighted by atomic mass is 16.5. The number of hydrogen-bond acceptors (Lipinski definition) is 4. The predicted molar refractivity (Wildman–Crippen MR) is 46.4 cm³/mol. The molecule has 0 bridgehead atoms. The Kier molecular flexibility index (Phi) is 7.69. The monoisotopic (exact) mass is 170 g/mol. The molecule has 0 unspecified atom stereocenters. The van der Waals surface area contributed by atoms with Crippen molar-refractivity contribution in [3.05, 3.63) is 0 Å². The van der Waals surface area contributed by atoms with Gasteiger partial charge >= 0.3 is 5.97 Å². The van der Waals surface area contributed by atoms with E-state index < -0.39 is 0 Å². The number of hydrogen-bond donors (Lipinski definition) is 1. The second-order valence-electron chi connectivity index (χ2n) is 2.17. The molecule has 0 aliphatic carbocycles. The van der Waals surface area contributed by atoms with Gasteiger partial charge in [-0.05, 0) is 19.9 Å². The minimum atomic E-state index is -0.189. The van der Waals surface area contributed by atoms with Gasteiger partial charge < -0.3 is 14.8 Å². The molecule has 0 saturated carbocycles. The molecule has 0 heterocycles. The fourth-order valence-corrected chi connectivity index (χ4v) is 0.699. The Labute approximate surface area is 72.9 Å². The Morgan fingerprint density at radius 2 is 2.42 bits per heavy atom.